The van der Waals surface area contributed by atoms with Crippen molar-refractivity contribution < 1.29 is 0 Å². The second kappa shape index (κ2) is 6.27. The van der Waals surface area contributed by atoms with Gasteiger partial charge in [-0.05, 0) is 32.0 Å². The van der Waals surface area contributed by atoms with Crippen LogP contribution in [0.5, 0.6) is 0 Å². The van der Waals surface area contributed by atoms with Crippen LogP contribution in [0.25, 0.3) is 0 Å². The molecule has 0 saturated carbocycles. The first kappa shape index (κ1) is 14.9. The van der Waals surface area contributed by atoms with Gasteiger partial charge in [-0.25, -0.2) is 4.98 Å². The zero-order chi connectivity index (χ0) is 13.9. The van der Waals surface area contributed by atoms with Crippen molar-refractivity contribution in [2.24, 2.45) is 0 Å². The number of hydrogen-bond acceptors (Lipinski definition) is 3. The second-order valence-electron chi connectivity index (χ2n) is 6.25. The van der Waals surface area contributed by atoms with Crippen LogP contribution in [-0.2, 0) is 0 Å². The number of nitrogens with zero attached hydrogens (tertiary/aromatic N) is 2. The van der Waals surface area contributed by atoms with Gasteiger partial charge in [-0.1, -0.05) is 40.2 Å². The first-order valence-electron chi connectivity index (χ1n) is 7.39. The normalized spacial score (nSPS) is 21.6. The topological polar surface area (TPSA) is 16.1 Å². The summed E-state index contributed by atoms with van der Waals surface area (Å²) >= 11 is 1.90. The molecule has 0 radical (unpaired) electrons. The Hall–Kier alpha value is -0.540. The van der Waals surface area contributed by atoms with Gasteiger partial charge in [0, 0.05) is 22.5 Å². The molecule has 2 rings (SSSR count). The summed E-state index contributed by atoms with van der Waals surface area (Å²) in [5, 5.41) is 1.22. The molecule has 2 nitrogen and oxygen atoms in total. The van der Waals surface area contributed by atoms with Crippen molar-refractivity contribution in [1.82, 2.24) is 9.88 Å². The van der Waals surface area contributed by atoms with Crippen molar-refractivity contribution in [2.45, 2.75) is 62.8 Å². The van der Waals surface area contributed by atoms with Gasteiger partial charge in [-0.2, -0.15) is 0 Å². The molecule has 19 heavy (non-hydrogen) atoms. The van der Waals surface area contributed by atoms with Crippen molar-refractivity contribution in [1.29, 1.82) is 0 Å². The lowest BCUT2D eigenvalue weighted by atomic mass is 9.96. The molecule has 0 unspecified atom stereocenters. The average Bonchev–Trinajstić information content (AvgIpc) is 2.37. The van der Waals surface area contributed by atoms with E-state index in [4.69, 9.17) is 0 Å². The van der Waals surface area contributed by atoms with Gasteiger partial charge in [-0.3, -0.25) is 4.90 Å². The molecule has 2 heterocycles. The van der Waals surface area contributed by atoms with Gasteiger partial charge in [0.05, 0.1) is 0 Å². The van der Waals surface area contributed by atoms with Gasteiger partial charge in [0.1, 0.15) is 5.03 Å². The lowest BCUT2D eigenvalue weighted by Crippen LogP contribution is -2.33. The summed E-state index contributed by atoms with van der Waals surface area (Å²) in [5.41, 5.74) is 1.43. The van der Waals surface area contributed by atoms with Crippen LogP contribution in [0.3, 0.4) is 0 Å². The van der Waals surface area contributed by atoms with E-state index in [-0.39, 0.29) is 4.75 Å². The summed E-state index contributed by atoms with van der Waals surface area (Å²) in [4.78, 5) is 7.25. The highest BCUT2D eigenvalue weighted by atomic mass is 32.2. The minimum absolute atomic E-state index is 0.217. The molecule has 0 spiro atoms. The Kier molecular flexibility index (Phi) is 4.91. The highest BCUT2D eigenvalue weighted by Gasteiger charge is 2.26. The van der Waals surface area contributed by atoms with E-state index in [1.807, 2.05) is 18.0 Å². The monoisotopic (exact) mass is 278 g/mol. The summed E-state index contributed by atoms with van der Waals surface area (Å²) in [7, 11) is 0. The Morgan fingerprint density at radius 2 is 2.16 bits per heavy atom. The van der Waals surface area contributed by atoms with E-state index in [0.29, 0.717) is 6.04 Å². The predicted octanol–water partition coefficient (Wildman–Crippen LogP) is 4.52. The number of piperidine rings is 1. The maximum atomic E-state index is 4.64. The Bertz CT molecular complexity index is 411. The maximum Gasteiger partial charge on any atom is 0.101 e. The van der Waals surface area contributed by atoms with Crippen molar-refractivity contribution >= 4 is 11.8 Å². The second-order valence-corrected chi connectivity index (χ2v) is 8.07. The Morgan fingerprint density at radius 3 is 2.84 bits per heavy atom. The van der Waals surface area contributed by atoms with Crippen LogP contribution in [0, 0.1) is 0 Å². The van der Waals surface area contributed by atoms with Crippen LogP contribution in [0.4, 0.5) is 0 Å². The minimum Gasteiger partial charge on any atom is -0.297 e. The van der Waals surface area contributed by atoms with Gasteiger partial charge in [0.25, 0.3) is 0 Å². The molecule has 0 aromatic carbocycles. The molecule has 106 valence electrons. The van der Waals surface area contributed by atoms with E-state index in [2.05, 4.69) is 49.7 Å². The predicted molar refractivity (Wildman–Crippen MR) is 83.7 cm³/mol. The SMILES string of the molecule is CCN1CCCC[C@@H]1c1cccnc1SC(C)(C)C. The molecule has 3 heteroatoms. The van der Waals surface area contributed by atoms with Gasteiger partial charge in [0.2, 0.25) is 0 Å². The first-order chi connectivity index (χ1) is 9.01. The van der Waals surface area contributed by atoms with E-state index in [9.17, 15) is 0 Å². The van der Waals surface area contributed by atoms with Gasteiger partial charge in [0.15, 0.2) is 0 Å². The van der Waals surface area contributed by atoms with Crippen LogP contribution in [0.1, 0.15) is 58.6 Å². The van der Waals surface area contributed by atoms with Crippen LogP contribution in [-0.4, -0.2) is 27.7 Å². The third-order valence-corrected chi connectivity index (χ3v) is 4.73. The molecule has 0 amide bonds. The summed E-state index contributed by atoms with van der Waals surface area (Å²) in [5.74, 6) is 0. The van der Waals surface area contributed by atoms with Crippen LogP contribution >= 0.6 is 11.8 Å². The third-order valence-electron chi connectivity index (χ3n) is 3.58. The fourth-order valence-corrected chi connectivity index (χ4v) is 3.77. The molecule has 1 atom stereocenters. The summed E-state index contributed by atoms with van der Waals surface area (Å²) < 4.78 is 0.217. The summed E-state index contributed by atoms with van der Waals surface area (Å²) in [6.07, 6.45) is 5.88. The number of pyridine rings is 1. The van der Waals surface area contributed by atoms with Crippen LogP contribution < -0.4 is 0 Å². The van der Waals surface area contributed by atoms with E-state index >= 15 is 0 Å². The number of thioether (sulfide) groups is 1. The third kappa shape index (κ3) is 3.96. The largest absolute Gasteiger partial charge is 0.297 e. The smallest absolute Gasteiger partial charge is 0.101 e. The lowest BCUT2D eigenvalue weighted by molar-refractivity contribution is 0.154. The number of likely N-dealkylation sites (tertiary alicyclic amines) is 1. The first-order valence-corrected chi connectivity index (χ1v) is 8.21. The molecule has 0 aliphatic carbocycles. The van der Waals surface area contributed by atoms with Crippen LogP contribution in [0.2, 0.25) is 0 Å². The fourth-order valence-electron chi connectivity index (χ4n) is 2.75. The molecule has 1 aromatic heterocycles. The maximum absolute atomic E-state index is 4.64. The molecular formula is C16H26N2S. The zero-order valence-electron chi connectivity index (χ0n) is 12.6. The molecule has 1 fully saturated rings. The number of hydrogen-bond donors (Lipinski definition) is 0. The molecular weight excluding hydrogens is 252 g/mol. The van der Waals surface area contributed by atoms with Crippen LogP contribution in [0.15, 0.2) is 23.4 Å². The van der Waals surface area contributed by atoms with Gasteiger partial charge < -0.3 is 0 Å². The molecule has 1 aromatic rings. The Balaban J connectivity index is 2.27. The van der Waals surface area contributed by atoms with Gasteiger partial charge in [-0.15, -0.1) is 11.8 Å². The van der Waals surface area contributed by atoms with Crippen molar-refractivity contribution in [3.63, 3.8) is 0 Å². The van der Waals surface area contributed by atoms with E-state index < -0.39 is 0 Å². The fraction of sp³-hybridized carbons (Fsp3) is 0.688. The van der Waals surface area contributed by atoms with Crippen molar-refractivity contribution in [3.8, 4) is 0 Å². The average molecular weight is 278 g/mol. The van der Waals surface area contributed by atoms with Crippen molar-refractivity contribution in [3.05, 3.63) is 23.9 Å². The highest BCUT2D eigenvalue weighted by molar-refractivity contribution is 8.00. The highest BCUT2D eigenvalue weighted by Crippen LogP contribution is 2.39. The molecule has 0 bridgehead atoms. The van der Waals surface area contributed by atoms with E-state index in [1.54, 1.807) is 0 Å². The standard InChI is InChI=1S/C16H26N2S/c1-5-18-12-7-6-10-14(18)13-9-8-11-17-15(13)19-16(2,3)4/h8-9,11,14H,5-7,10,12H2,1-4H3/t14-/m1/s1. The molecule has 1 aliphatic rings. The zero-order valence-corrected chi connectivity index (χ0v) is 13.5. The minimum atomic E-state index is 0.217. The van der Waals surface area contributed by atoms with Gasteiger partial charge >= 0.3 is 0 Å². The number of rotatable bonds is 3. The van der Waals surface area contributed by atoms with Crippen molar-refractivity contribution in [2.75, 3.05) is 13.1 Å². The molecule has 1 saturated heterocycles. The van der Waals surface area contributed by atoms with E-state index in [1.165, 1.54) is 36.4 Å². The molecule has 1 aliphatic heterocycles. The lowest BCUT2D eigenvalue weighted by Gasteiger charge is -2.36. The summed E-state index contributed by atoms with van der Waals surface area (Å²) in [6, 6.07) is 4.93. The quantitative estimate of drug-likeness (QED) is 0.756. The molecule has 0 N–H and O–H groups in total. The Morgan fingerprint density at radius 1 is 1.37 bits per heavy atom. The van der Waals surface area contributed by atoms with E-state index in [0.717, 1.165) is 6.54 Å². The Labute approximate surface area is 122 Å². The summed E-state index contributed by atoms with van der Waals surface area (Å²) in [6.45, 7) is 11.4. The number of aromatic nitrogens is 1.